The van der Waals surface area contributed by atoms with Gasteiger partial charge in [-0.2, -0.15) is 0 Å². The molecule has 0 aliphatic carbocycles. The predicted molar refractivity (Wildman–Crippen MR) is 79.0 cm³/mol. The van der Waals surface area contributed by atoms with Crippen LogP contribution in [0.4, 0.5) is 5.69 Å². The van der Waals surface area contributed by atoms with E-state index in [2.05, 4.69) is 10.3 Å². The molecule has 0 radical (unpaired) electrons. The Morgan fingerprint density at radius 3 is 2.90 bits per heavy atom. The number of aromatic nitrogens is 1. The van der Waals surface area contributed by atoms with Gasteiger partial charge >= 0.3 is 0 Å². The van der Waals surface area contributed by atoms with Crippen LogP contribution in [-0.2, 0) is 4.74 Å². The highest BCUT2D eigenvalue weighted by Crippen LogP contribution is 2.15. The summed E-state index contributed by atoms with van der Waals surface area (Å²) in [5, 5.41) is 3.30. The van der Waals surface area contributed by atoms with Crippen molar-refractivity contribution in [2.45, 2.75) is 32.8 Å². The topological polar surface area (TPSA) is 54.5 Å². The van der Waals surface area contributed by atoms with Crippen molar-refractivity contribution >= 4 is 11.6 Å². The number of hydrogen-bond acceptors (Lipinski definition) is 4. The Kier molecular flexibility index (Phi) is 5.35. The monoisotopic (exact) mass is 277 g/mol. The minimum atomic E-state index is 0.0308. The molecule has 2 rings (SSSR count). The lowest BCUT2D eigenvalue weighted by Crippen LogP contribution is -2.30. The van der Waals surface area contributed by atoms with E-state index in [0.717, 1.165) is 31.7 Å². The Bertz CT molecular complexity index is 440. The Morgan fingerprint density at radius 2 is 2.25 bits per heavy atom. The van der Waals surface area contributed by atoms with Gasteiger partial charge in [-0.05, 0) is 32.8 Å². The smallest absolute Gasteiger partial charge is 0.255 e. The first-order valence-electron chi connectivity index (χ1n) is 7.34. The fraction of sp³-hybridized carbons (Fsp3) is 0.600. The Labute approximate surface area is 120 Å². The first-order chi connectivity index (χ1) is 9.74. The Morgan fingerprint density at radius 1 is 1.45 bits per heavy atom. The summed E-state index contributed by atoms with van der Waals surface area (Å²) in [6.07, 6.45) is 5.87. The average Bonchev–Trinajstić information content (AvgIpc) is 3.00. The van der Waals surface area contributed by atoms with Crippen LogP contribution in [0, 0.1) is 0 Å². The van der Waals surface area contributed by atoms with Crippen molar-refractivity contribution in [1.82, 2.24) is 9.88 Å². The van der Waals surface area contributed by atoms with Gasteiger partial charge in [0.2, 0.25) is 0 Å². The standard InChI is InChI=1S/C15H23N3O2/c1-3-18(4-2)15(19)12-8-13(10-16-9-12)17-11-14-6-5-7-20-14/h8-10,14,17H,3-7,11H2,1-2H3. The number of rotatable bonds is 6. The maximum Gasteiger partial charge on any atom is 0.255 e. The number of hydrogen-bond donors (Lipinski definition) is 1. The molecule has 5 nitrogen and oxygen atoms in total. The molecule has 5 heteroatoms. The van der Waals surface area contributed by atoms with Gasteiger partial charge in [0.15, 0.2) is 0 Å². The molecule has 0 saturated carbocycles. The molecule has 20 heavy (non-hydrogen) atoms. The van der Waals surface area contributed by atoms with Gasteiger partial charge in [0.25, 0.3) is 5.91 Å². The second-order valence-corrected chi connectivity index (χ2v) is 4.96. The Hall–Kier alpha value is -1.62. The number of carbonyl (C=O) groups excluding carboxylic acids is 1. The van der Waals surface area contributed by atoms with E-state index in [1.807, 2.05) is 19.9 Å². The summed E-state index contributed by atoms with van der Waals surface area (Å²) in [7, 11) is 0. The highest BCUT2D eigenvalue weighted by molar-refractivity contribution is 5.94. The summed E-state index contributed by atoms with van der Waals surface area (Å²) < 4.78 is 5.57. The molecule has 0 aromatic carbocycles. The number of amides is 1. The first-order valence-corrected chi connectivity index (χ1v) is 7.34. The van der Waals surface area contributed by atoms with Crippen LogP contribution in [-0.4, -0.2) is 48.1 Å². The molecule has 1 aromatic heterocycles. The van der Waals surface area contributed by atoms with E-state index in [0.29, 0.717) is 18.7 Å². The second-order valence-electron chi connectivity index (χ2n) is 4.96. The van der Waals surface area contributed by atoms with Gasteiger partial charge in [0.05, 0.1) is 17.4 Å². The molecular formula is C15H23N3O2. The number of nitrogens with one attached hydrogen (secondary N) is 1. The fourth-order valence-electron chi connectivity index (χ4n) is 2.38. The lowest BCUT2D eigenvalue weighted by Gasteiger charge is -2.19. The number of carbonyl (C=O) groups is 1. The van der Waals surface area contributed by atoms with Crippen LogP contribution in [0.3, 0.4) is 0 Å². The maximum atomic E-state index is 12.3. The van der Waals surface area contributed by atoms with Gasteiger partial charge in [-0.1, -0.05) is 0 Å². The van der Waals surface area contributed by atoms with E-state index in [9.17, 15) is 4.79 Å². The van der Waals surface area contributed by atoms with Crippen LogP contribution >= 0.6 is 0 Å². The van der Waals surface area contributed by atoms with Crippen molar-refractivity contribution in [2.24, 2.45) is 0 Å². The summed E-state index contributed by atoms with van der Waals surface area (Å²) in [6.45, 7) is 7.00. The van der Waals surface area contributed by atoms with E-state index in [4.69, 9.17) is 4.74 Å². The van der Waals surface area contributed by atoms with Gasteiger partial charge < -0.3 is 15.0 Å². The van der Waals surface area contributed by atoms with E-state index in [1.165, 1.54) is 0 Å². The van der Waals surface area contributed by atoms with Crippen molar-refractivity contribution in [3.63, 3.8) is 0 Å². The molecule has 2 heterocycles. The average molecular weight is 277 g/mol. The molecule has 1 N–H and O–H groups in total. The van der Waals surface area contributed by atoms with E-state index >= 15 is 0 Å². The highest BCUT2D eigenvalue weighted by atomic mass is 16.5. The maximum absolute atomic E-state index is 12.3. The zero-order chi connectivity index (χ0) is 14.4. The van der Waals surface area contributed by atoms with Gasteiger partial charge in [-0.15, -0.1) is 0 Å². The molecule has 1 atom stereocenters. The third-order valence-electron chi connectivity index (χ3n) is 3.59. The minimum absolute atomic E-state index is 0.0308. The molecule has 0 spiro atoms. The summed E-state index contributed by atoms with van der Waals surface area (Å²) in [5.74, 6) is 0.0308. The zero-order valence-corrected chi connectivity index (χ0v) is 12.3. The fourth-order valence-corrected chi connectivity index (χ4v) is 2.38. The highest BCUT2D eigenvalue weighted by Gasteiger charge is 2.16. The molecule has 1 fully saturated rings. The number of anilines is 1. The zero-order valence-electron chi connectivity index (χ0n) is 12.3. The molecular weight excluding hydrogens is 254 g/mol. The van der Waals surface area contributed by atoms with Crippen molar-refractivity contribution in [3.8, 4) is 0 Å². The van der Waals surface area contributed by atoms with Crippen LogP contribution in [0.5, 0.6) is 0 Å². The van der Waals surface area contributed by atoms with Crippen LogP contribution < -0.4 is 5.32 Å². The third kappa shape index (κ3) is 3.70. The molecule has 110 valence electrons. The third-order valence-corrected chi connectivity index (χ3v) is 3.59. The molecule has 1 aliphatic heterocycles. The molecule has 1 amide bonds. The second kappa shape index (κ2) is 7.24. The van der Waals surface area contributed by atoms with Gasteiger partial charge in [0.1, 0.15) is 0 Å². The number of pyridine rings is 1. The summed E-state index contributed by atoms with van der Waals surface area (Å²) >= 11 is 0. The first kappa shape index (κ1) is 14.8. The van der Waals surface area contributed by atoms with Crippen molar-refractivity contribution < 1.29 is 9.53 Å². The van der Waals surface area contributed by atoms with E-state index < -0.39 is 0 Å². The van der Waals surface area contributed by atoms with Crippen molar-refractivity contribution in [3.05, 3.63) is 24.0 Å². The minimum Gasteiger partial charge on any atom is -0.381 e. The lowest BCUT2D eigenvalue weighted by atomic mass is 10.2. The van der Waals surface area contributed by atoms with Crippen LogP contribution in [0.2, 0.25) is 0 Å². The molecule has 1 saturated heterocycles. The molecule has 1 unspecified atom stereocenters. The molecule has 0 bridgehead atoms. The summed E-state index contributed by atoms with van der Waals surface area (Å²) in [6, 6.07) is 1.86. The van der Waals surface area contributed by atoms with Gasteiger partial charge in [-0.25, -0.2) is 0 Å². The van der Waals surface area contributed by atoms with E-state index in [-0.39, 0.29) is 12.0 Å². The van der Waals surface area contributed by atoms with Crippen molar-refractivity contribution in [1.29, 1.82) is 0 Å². The summed E-state index contributed by atoms with van der Waals surface area (Å²) in [5.41, 5.74) is 1.50. The number of ether oxygens (including phenoxy) is 1. The van der Waals surface area contributed by atoms with Crippen LogP contribution in [0.1, 0.15) is 37.0 Å². The normalized spacial score (nSPS) is 18.0. The lowest BCUT2D eigenvalue weighted by molar-refractivity contribution is 0.0772. The predicted octanol–water partition coefficient (Wildman–Crippen LogP) is 2.15. The largest absolute Gasteiger partial charge is 0.381 e. The SMILES string of the molecule is CCN(CC)C(=O)c1cncc(NCC2CCCO2)c1. The molecule has 1 aromatic rings. The van der Waals surface area contributed by atoms with Gasteiger partial charge in [-0.3, -0.25) is 9.78 Å². The van der Waals surface area contributed by atoms with E-state index in [1.54, 1.807) is 17.3 Å². The van der Waals surface area contributed by atoms with Crippen molar-refractivity contribution in [2.75, 3.05) is 31.6 Å². The van der Waals surface area contributed by atoms with Crippen LogP contribution in [0.25, 0.3) is 0 Å². The molecule has 1 aliphatic rings. The summed E-state index contributed by atoms with van der Waals surface area (Å²) in [4.78, 5) is 18.2. The Balaban J connectivity index is 1.97. The number of nitrogens with zero attached hydrogens (tertiary/aromatic N) is 2. The quantitative estimate of drug-likeness (QED) is 0.865. The van der Waals surface area contributed by atoms with Crippen LogP contribution in [0.15, 0.2) is 18.5 Å². The van der Waals surface area contributed by atoms with Gasteiger partial charge in [0, 0.05) is 38.6 Å².